The molecule has 2 saturated heterocycles. The lowest BCUT2D eigenvalue weighted by atomic mass is 10.0. The van der Waals surface area contributed by atoms with E-state index in [9.17, 15) is 4.79 Å². The molecule has 1 aromatic rings. The summed E-state index contributed by atoms with van der Waals surface area (Å²) in [5.74, 6) is 2.72. The summed E-state index contributed by atoms with van der Waals surface area (Å²) in [6.45, 7) is 2.15. The van der Waals surface area contributed by atoms with Crippen LogP contribution in [0.25, 0.3) is 0 Å². The largest absolute Gasteiger partial charge is 0.318 e. The summed E-state index contributed by atoms with van der Waals surface area (Å²) in [5.41, 5.74) is 2.32. The van der Waals surface area contributed by atoms with Crippen molar-refractivity contribution in [1.82, 2.24) is 10.2 Å². The van der Waals surface area contributed by atoms with Gasteiger partial charge in [0.05, 0.1) is 0 Å². The SMILES string of the molecule is Cc1ccccc1C1NC2(CC2)C(=O)N1C1CCSCC1. The van der Waals surface area contributed by atoms with Gasteiger partial charge in [0.1, 0.15) is 11.7 Å². The van der Waals surface area contributed by atoms with E-state index in [1.807, 2.05) is 11.8 Å². The molecule has 1 spiro atoms. The van der Waals surface area contributed by atoms with Crippen LogP contribution in [-0.4, -0.2) is 33.9 Å². The third kappa shape index (κ3) is 2.20. The van der Waals surface area contributed by atoms with Gasteiger partial charge < -0.3 is 4.90 Å². The van der Waals surface area contributed by atoms with Crippen molar-refractivity contribution < 1.29 is 4.79 Å². The molecule has 1 atom stereocenters. The molecule has 3 fully saturated rings. The fourth-order valence-electron chi connectivity index (χ4n) is 3.70. The molecule has 0 bridgehead atoms. The summed E-state index contributed by atoms with van der Waals surface area (Å²) in [7, 11) is 0. The van der Waals surface area contributed by atoms with Gasteiger partial charge in [-0.25, -0.2) is 0 Å². The van der Waals surface area contributed by atoms with Crippen LogP contribution in [0.4, 0.5) is 0 Å². The van der Waals surface area contributed by atoms with E-state index in [0.717, 1.165) is 25.7 Å². The highest BCUT2D eigenvalue weighted by Crippen LogP contribution is 2.48. The number of amides is 1. The minimum Gasteiger partial charge on any atom is -0.318 e. The number of carbonyl (C=O) groups is 1. The van der Waals surface area contributed by atoms with Crippen LogP contribution in [0.5, 0.6) is 0 Å². The van der Waals surface area contributed by atoms with Gasteiger partial charge in [0.2, 0.25) is 5.91 Å². The van der Waals surface area contributed by atoms with Crippen molar-refractivity contribution in [2.24, 2.45) is 0 Å². The van der Waals surface area contributed by atoms with Crippen molar-refractivity contribution in [3.8, 4) is 0 Å². The van der Waals surface area contributed by atoms with E-state index in [2.05, 4.69) is 41.4 Å². The molecular formula is C17H22N2OS. The smallest absolute Gasteiger partial charge is 0.244 e. The minimum absolute atomic E-state index is 0.0781. The Morgan fingerprint density at radius 3 is 2.62 bits per heavy atom. The van der Waals surface area contributed by atoms with Gasteiger partial charge in [0, 0.05) is 6.04 Å². The van der Waals surface area contributed by atoms with Crippen molar-refractivity contribution in [2.75, 3.05) is 11.5 Å². The zero-order valence-corrected chi connectivity index (χ0v) is 13.3. The molecule has 0 radical (unpaired) electrons. The number of hydrogen-bond donors (Lipinski definition) is 1. The van der Waals surface area contributed by atoms with E-state index in [-0.39, 0.29) is 11.7 Å². The third-order valence-corrected chi connectivity index (χ3v) is 6.20. The van der Waals surface area contributed by atoms with Gasteiger partial charge in [0.25, 0.3) is 0 Å². The van der Waals surface area contributed by atoms with Crippen molar-refractivity contribution in [3.63, 3.8) is 0 Å². The molecule has 1 aliphatic carbocycles. The van der Waals surface area contributed by atoms with Gasteiger partial charge in [-0.05, 0) is 55.2 Å². The van der Waals surface area contributed by atoms with Crippen molar-refractivity contribution in [2.45, 2.75) is 50.4 Å². The van der Waals surface area contributed by atoms with Crippen LogP contribution in [0.15, 0.2) is 24.3 Å². The van der Waals surface area contributed by atoms with E-state index < -0.39 is 0 Å². The van der Waals surface area contributed by atoms with Gasteiger partial charge in [-0.2, -0.15) is 11.8 Å². The molecule has 21 heavy (non-hydrogen) atoms. The second kappa shape index (κ2) is 5.03. The number of aryl methyl sites for hydroxylation is 1. The van der Waals surface area contributed by atoms with Crippen LogP contribution >= 0.6 is 11.8 Å². The Hall–Kier alpha value is -1.00. The van der Waals surface area contributed by atoms with E-state index in [0.29, 0.717) is 11.9 Å². The van der Waals surface area contributed by atoms with Crippen molar-refractivity contribution in [1.29, 1.82) is 0 Å². The number of benzene rings is 1. The van der Waals surface area contributed by atoms with Crippen molar-refractivity contribution in [3.05, 3.63) is 35.4 Å². The zero-order chi connectivity index (χ0) is 14.4. The van der Waals surface area contributed by atoms with Gasteiger partial charge >= 0.3 is 0 Å². The lowest BCUT2D eigenvalue weighted by Gasteiger charge is -2.35. The number of nitrogens with zero attached hydrogens (tertiary/aromatic N) is 1. The quantitative estimate of drug-likeness (QED) is 0.912. The Balaban J connectivity index is 1.70. The normalized spacial score (nSPS) is 28.3. The van der Waals surface area contributed by atoms with Crippen molar-refractivity contribution >= 4 is 17.7 Å². The van der Waals surface area contributed by atoms with Crippen LogP contribution < -0.4 is 5.32 Å². The number of carbonyl (C=O) groups excluding carboxylic acids is 1. The standard InChI is InChI=1S/C17H22N2OS/c1-12-4-2-3-5-14(12)15-18-17(8-9-17)16(20)19(15)13-6-10-21-11-7-13/h2-5,13,15,18H,6-11H2,1H3. The maximum Gasteiger partial charge on any atom is 0.244 e. The van der Waals surface area contributed by atoms with E-state index in [4.69, 9.17) is 0 Å². The maximum absolute atomic E-state index is 12.9. The van der Waals surface area contributed by atoms with Gasteiger partial charge in [-0.15, -0.1) is 0 Å². The molecule has 2 aliphatic heterocycles. The summed E-state index contributed by atoms with van der Waals surface area (Å²) >= 11 is 2.02. The molecule has 4 rings (SSSR count). The summed E-state index contributed by atoms with van der Waals surface area (Å²) in [5, 5.41) is 3.67. The summed E-state index contributed by atoms with van der Waals surface area (Å²) in [4.78, 5) is 15.1. The predicted molar refractivity (Wildman–Crippen MR) is 86.2 cm³/mol. The fraction of sp³-hybridized carbons (Fsp3) is 0.588. The molecule has 1 N–H and O–H groups in total. The molecule has 0 aromatic heterocycles. The van der Waals surface area contributed by atoms with Crippen LogP contribution in [0, 0.1) is 6.92 Å². The second-order valence-corrected chi connectivity index (χ2v) is 7.77. The highest BCUT2D eigenvalue weighted by Gasteiger charge is 2.60. The molecule has 3 aliphatic rings. The first kappa shape index (κ1) is 13.6. The molecular weight excluding hydrogens is 280 g/mol. The van der Waals surface area contributed by atoms with Crippen LogP contribution in [-0.2, 0) is 4.79 Å². The molecule has 3 nitrogen and oxygen atoms in total. The topological polar surface area (TPSA) is 32.3 Å². The summed E-state index contributed by atoms with van der Waals surface area (Å²) in [6, 6.07) is 8.89. The van der Waals surface area contributed by atoms with Crippen LogP contribution in [0.1, 0.15) is 43.0 Å². The summed E-state index contributed by atoms with van der Waals surface area (Å²) < 4.78 is 0. The number of hydrogen-bond acceptors (Lipinski definition) is 3. The Labute approximate surface area is 130 Å². The van der Waals surface area contributed by atoms with Gasteiger partial charge in [0.15, 0.2) is 0 Å². The predicted octanol–water partition coefficient (Wildman–Crippen LogP) is 2.85. The van der Waals surface area contributed by atoms with E-state index >= 15 is 0 Å². The monoisotopic (exact) mass is 302 g/mol. The maximum atomic E-state index is 12.9. The molecule has 1 amide bonds. The van der Waals surface area contributed by atoms with Crippen LogP contribution in [0.3, 0.4) is 0 Å². The average Bonchev–Trinajstić information content (AvgIpc) is 3.23. The Morgan fingerprint density at radius 1 is 1.24 bits per heavy atom. The number of nitrogens with one attached hydrogen (secondary N) is 1. The number of thioether (sulfide) groups is 1. The summed E-state index contributed by atoms with van der Waals surface area (Å²) in [6.07, 6.45) is 4.36. The molecule has 1 saturated carbocycles. The van der Waals surface area contributed by atoms with Gasteiger partial charge in [-0.3, -0.25) is 10.1 Å². The molecule has 1 unspecified atom stereocenters. The number of rotatable bonds is 2. The molecule has 1 aromatic carbocycles. The first-order valence-electron chi connectivity index (χ1n) is 7.95. The second-order valence-electron chi connectivity index (χ2n) is 6.54. The van der Waals surface area contributed by atoms with E-state index in [1.54, 1.807) is 0 Å². The fourth-order valence-corrected chi connectivity index (χ4v) is 4.78. The highest BCUT2D eigenvalue weighted by molar-refractivity contribution is 7.99. The van der Waals surface area contributed by atoms with E-state index in [1.165, 1.54) is 22.6 Å². The molecule has 2 heterocycles. The zero-order valence-electron chi connectivity index (χ0n) is 12.5. The molecule has 4 heteroatoms. The van der Waals surface area contributed by atoms with Gasteiger partial charge in [-0.1, -0.05) is 24.3 Å². The minimum atomic E-state index is -0.225. The Bertz CT molecular complexity index is 564. The Morgan fingerprint density at radius 2 is 1.95 bits per heavy atom. The third-order valence-electron chi connectivity index (χ3n) is 5.15. The first-order valence-corrected chi connectivity index (χ1v) is 9.10. The lowest BCUT2D eigenvalue weighted by Crippen LogP contribution is -2.42. The first-order chi connectivity index (χ1) is 10.2. The Kier molecular flexibility index (Phi) is 3.27. The van der Waals surface area contributed by atoms with Crippen LogP contribution in [0.2, 0.25) is 0 Å². The lowest BCUT2D eigenvalue weighted by molar-refractivity contribution is -0.133. The highest BCUT2D eigenvalue weighted by atomic mass is 32.2. The molecule has 112 valence electrons. The average molecular weight is 302 g/mol.